The molecule has 13 heavy (non-hydrogen) atoms. The predicted molar refractivity (Wildman–Crippen MR) is 48.6 cm³/mol. The largest absolute Gasteiger partial charge is 0.340 e. The molecule has 0 saturated carbocycles. The highest BCUT2D eigenvalue weighted by Gasteiger charge is 2.14. The van der Waals surface area contributed by atoms with Crippen LogP contribution < -0.4 is 11.0 Å². The summed E-state index contributed by atoms with van der Waals surface area (Å²) < 4.78 is 0. The van der Waals surface area contributed by atoms with Crippen molar-refractivity contribution in [3.8, 4) is 0 Å². The quantitative estimate of drug-likeness (QED) is 0.592. The fourth-order valence-electron chi connectivity index (χ4n) is 1.73. The second kappa shape index (κ2) is 3.74. The minimum atomic E-state index is -0.217. The van der Waals surface area contributed by atoms with Gasteiger partial charge in [-0.1, -0.05) is 6.42 Å². The summed E-state index contributed by atoms with van der Waals surface area (Å²) in [7, 11) is 0. The average molecular weight is 182 g/mol. The van der Waals surface area contributed by atoms with Crippen molar-refractivity contribution in [2.45, 2.75) is 31.7 Å². The molecule has 1 unspecified atom stereocenters. The van der Waals surface area contributed by atoms with Crippen LogP contribution in [-0.2, 0) is 6.42 Å². The van der Waals surface area contributed by atoms with Gasteiger partial charge in [0.1, 0.15) is 5.82 Å². The van der Waals surface area contributed by atoms with E-state index in [2.05, 4.69) is 20.5 Å². The lowest BCUT2D eigenvalue weighted by Crippen LogP contribution is -2.35. The molecule has 0 aliphatic carbocycles. The van der Waals surface area contributed by atoms with Gasteiger partial charge >= 0.3 is 5.69 Å². The summed E-state index contributed by atoms with van der Waals surface area (Å²) in [5.41, 5.74) is -0.217. The summed E-state index contributed by atoms with van der Waals surface area (Å²) >= 11 is 0. The first kappa shape index (κ1) is 8.50. The Kier molecular flexibility index (Phi) is 2.44. The summed E-state index contributed by atoms with van der Waals surface area (Å²) in [5, 5.41) is 9.65. The Balaban J connectivity index is 1.93. The van der Waals surface area contributed by atoms with Gasteiger partial charge in [-0.3, -0.25) is 4.98 Å². The molecule has 1 atom stereocenters. The van der Waals surface area contributed by atoms with E-state index in [1.165, 1.54) is 19.3 Å². The zero-order valence-corrected chi connectivity index (χ0v) is 7.47. The Bertz CT molecular complexity index is 310. The molecule has 0 radical (unpaired) electrons. The summed E-state index contributed by atoms with van der Waals surface area (Å²) in [5.74, 6) is 0.754. The molecule has 2 heterocycles. The van der Waals surface area contributed by atoms with E-state index in [4.69, 9.17) is 0 Å². The second-order valence-electron chi connectivity index (χ2n) is 3.48. The molecular formula is C8H14N4O. The third kappa shape index (κ3) is 2.18. The van der Waals surface area contributed by atoms with Gasteiger partial charge in [-0.2, -0.15) is 5.10 Å². The van der Waals surface area contributed by atoms with Crippen molar-refractivity contribution in [2.75, 3.05) is 6.54 Å². The van der Waals surface area contributed by atoms with E-state index in [0.29, 0.717) is 6.04 Å². The van der Waals surface area contributed by atoms with Crippen molar-refractivity contribution >= 4 is 0 Å². The van der Waals surface area contributed by atoms with Crippen LogP contribution in [0.5, 0.6) is 0 Å². The maximum atomic E-state index is 10.7. The SMILES string of the molecule is O=c1[nH]nc(CC2CCCCN2)[nH]1. The third-order valence-electron chi connectivity index (χ3n) is 2.40. The summed E-state index contributed by atoms with van der Waals surface area (Å²) in [4.78, 5) is 13.4. The van der Waals surface area contributed by atoms with Gasteiger partial charge in [-0.15, -0.1) is 0 Å². The van der Waals surface area contributed by atoms with Gasteiger partial charge in [0, 0.05) is 12.5 Å². The van der Waals surface area contributed by atoms with E-state index in [9.17, 15) is 4.79 Å². The minimum Gasteiger partial charge on any atom is -0.314 e. The van der Waals surface area contributed by atoms with Crippen LogP contribution in [0.2, 0.25) is 0 Å². The molecule has 72 valence electrons. The van der Waals surface area contributed by atoms with Crippen molar-refractivity contribution in [1.29, 1.82) is 0 Å². The van der Waals surface area contributed by atoms with Crippen molar-refractivity contribution < 1.29 is 0 Å². The van der Waals surface area contributed by atoms with Crippen molar-refractivity contribution in [2.24, 2.45) is 0 Å². The number of rotatable bonds is 2. The monoisotopic (exact) mass is 182 g/mol. The summed E-state index contributed by atoms with van der Waals surface area (Å²) in [6, 6.07) is 0.479. The summed E-state index contributed by atoms with van der Waals surface area (Å²) in [6.07, 6.45) is 4.52. The molecule has 0 aromatic carbocycles. The standard InChI is InChI=1S/C8H14N4O/c13-8-10-7(11-12-8)5-6-3-1-2-4-9-6/h6,9H,1-5H2,(H2,10,11,12,13). The Labute approximate surface area is 75.9 Å². The van der Waals surface area contributed by atoms with E-state index in [1.54, 1.807) is 0 Å². The number of nitrogens with zero attached hydrogens (tertiary/aromatic N) is 1. The Morgan fingerprint density at radius 1 is 1.46 bits per heavy atom. The van der Waals surface area contributed by atoms with Crippen LogP contribution >= 0.6 is 0 Å². The molecule has 5 nitrogen and oxygen atoms in total. The lowest BCUT2D eigenvalue weighted by atomic mass is 10.0. The number of piperidine rings is 1. The lowest BCUT2D eigenvalue weighted by Gasteiger charge is -2.22. The maximum absolute atomic E-state index is 10.7. The normalized spacial score (nSPS) is 23.2. The molecule has 0 spiro atoms. The topological polar surface area (TPSA) is 73.6 Å². The Hall–Kier alpha value is -1.10. The first-order chi connectivity index (χ1) is 6.34. The summed E-state index contributed by atoms with van der Waals surface area (Å²) in [6.45, 7) is 1.08. The first-order valence-electron chi connectivity index (χ1n) is 4.71. The molecule has 1 aromatic heterocycles. The van der Waals surface area contributed by atoms with Gasteiger partial charge in [-0.25, -0.2) is 9.89 Å². The number of nitrogens with one attached hydrogen (secondary N) is 3. The number of hydrogen-bond donors (Lipinski definition) is 3. The molecule has 1 aromatic rings. The van der Waals surface area contributed by atoms with Crippen LogP contribution in [0.15, 0.2) is 4.79 Å². The molecule has 1 aliphatic heterocycles. The van der Waals surface area contributed by atoms with Crippen LogP contribution in [0.4, 0.5) is 0 Å². The second-order valence-corrected chi connectivity index (χ2v) is 3.48. The Morgan fingerprint density at radius 2 is 2.38 bits per heavy atom. The Morgan fingerprint density at radius 3 is 3.00 bits per heavy atom. The zero-order valence-electron chi connectivity index (χ0n) is 7.47. The first-order valence-corrected chi connectivity index (χ1v) is 4.71. The van der Waals surface area contributed by atoms with Crippen molar-refractivity contribution in [1.82, 2.24) is 20.5 Å². The van der Waals surface area contributed by atoms with Crippen LogP contribution in [0.3, 0.4) is 0 Å². The predicted octanol–water partition coefficient (Wildman–Crippen LogP) is -0.217. The highest BCUT2D eigenvalue weighted by atomic mass is 16.1. The van der Waals surface area contributed by atoms with Crippen LogP contribution in [0.25, 0.3) is 0 Å². The number of aromatic nitrogens is 3. The van der Waals surface area contributed by atoms with Gasteiger partial charge < -0.3 is 5.32 Å². The van der Waals surface area contributed by atoms with Crippen LogP contribution in [-0.4, -0.2) is 27.8 Å². The van der Waals surface area contributed by atoms with E-state index >= 15 is 0 Å². The molecule has 1 saturated heterocycles. The van der Waals surface area contributed by atoms with E-state index in [1.807, 2.05) is 0 Å². The smallest absolute Gasteiger partial charge is 0.314 e. The van der Waals surface area contributed by atoms with Gasteiger partial charge in [0.25, 0.3) is 0 Å². The van der Waals surface area contributed by atoms with Gasteiger partial charge in [0.05, 0.1) is 0 Å². The average Bonchev–Trinajstić information content (AvgIpc) is 2.53. The molecule has 2 rings (SSSR count). The highest BCUT2D eigenvalue weighted by molar-refractivity contribution is 4.87. The minimum absolute atomic E-state index is 0.217. The third-order valence-corrected chi connectivity index (χ3v) is 2.40. The van der Waals surface area contributed by atoms with E-state index in [-0.39, 0.29) is 5.69 Å². The van der Waals surface area contributed by atoms with Crippen molar-refractivity contribution in [3.63, 3.8) is 0 Å². The molecule has 0 bridgehead atoms. The van der Waals surface area contributed by atoms with Crippen LogP contribution in [0.1, 0.15) is 25.1 Å². The molecule has 5 heteroatoms. The van der Waals surface area contributed by atoms with Crippen molar-refractivity contribution in [3.05, 3.63) is 16.3 Å². The molecule has 1 fully saturated rings. The number of hydrogen-bond acceptors (Lipinski definition) is 3. The fraction of sp³-hybridized carbons (Fsp3) is 0.750. The zero-order chi connectivity index (χ0) is 9.10. The van der Waals surface area contributed by atoms with Gasteiger partial charge in [0.15, 0.2) is 0 Å². The fourth-order valence-corrected chi connectivity index (χ4v) is 1.73. The van der Waals surface area contributed by atoms with E-state index in [0.717, 1.165) is 18.8 Å². The van der Waals surface area contributed by atoms with Crippen LogP contribution in [0, 0.1) is 0 Å². The number of H-pyrrole nitrogens is 2. The van der Waals surface area contributed by atoms with Gasteiger partial charge in [-0.05, 0) is 19.4 Å². The molecular weight excluding hydrogens is 168 g/mol. The molecule has 3 N–H and O–H groups in total. The van der Waals surface area contributed by atoms with Gasteiger partial charge in [0.2, 0.25) is 0 Å². The van der Waals surface area contributed by atoms with E-state index < -0.39 is 0 Å². The molecule has 1 aliphatic rings. The number of aromatic amines is 2. The molecule has 0 amide bonds. The highest BCUT2D eigenvalue weighted by Crippen LogP contribution is 2.09. The maximum Gasteiger partial charge on any atom is 0.340 e. The lowest BCUT2D eigenvalue weighted by molar-refractivity contribution is 0.394.